The first-order valence-corrected chi connectivity index (χ1v) is 8.70. The van der Waals surface area contributed by atoms with Crippen LogP contribution >= 0.6 is 0 Å². The van der Waals surface area contributed by atoms with Crippen LogP contribution in [0.25, 0.3) is 0 Å². The van der Waals surface area contributed by atoms with Crippen LogP contribution in [0.2, 0.25) is 0 Å². The molecule has 2 fully saturated rings. The second kappa shape index (κ2) is 7.69. The third-order valence-corrected chi connectivity index (χ3v) is 5.27. The standard InChI is InChI=1S/C18H26F2N2O/c19-15-5-6-18(20)14(11-15)12-21-8-9-22(16-3-1-2-4-16)17(13-21)7-10-23/h5-6,11,16-17,23H,1-4,7-10,12-13H2/t17-/m1/s1. The summed E-state index contributed by atoms with van der Waals surface area (Å²) in [5.41, 5.74) is 0.419. The molecule has 5 heteroatoms. The molecule has 0 spiro atoms. The maximum absolute atomic E-state index is 13.8. The van der Waals surface area contributed by atoms with Crippen molar-refractivity contribution in [1.82, 2.24) is 9.80 Å². The maximum atomic E-state index is 13.8. The van der Waals surface area contributed by atoms with Crippen LogP contribution < -0.4 is 0 Å². The molecule has 1 aromatic rings. The molecular formula is C18H26F2N2O. The van der Waals surface area contributed by atoms with Crippen LogP contribution in [0.5, 0.6) is 0 Å². The summed E-state index contributed by atoms with van der Waals surface area (Å²) in [4.78, 5) is 4.73. The molecule has 23 heavy (non-hydrogen) atoms. The lowest BCUT2D eigenvalue weighted by Gasteiger charge is -2.44. The molecule has 1 aliphatic heterocycles. The van der Waals surface area contributed by atoms with Crippen LogP contribution in [0.3, 0.4) is 0 Å². The van der Waals surface area contributed by atoms with Crippen molar-refractivity contribution in [3.05, 3.63) is 35.4 Å². The minimum atomic E-state index is -0.391. The average molecular weight is 324 g/mol. The van der Waals surface area contributed by atoms with Gasteiger partial charge in [0.25, 0.3) is 0 Å². The monoisotopic (exact) mass is 324 g/mol. The molecule has 1 atom stereocenters. The molecule has 2 aliphatic rings. The Balaban J connectivity index is 1.65. The predicted octanol–water partition coefficient (Wildman–Crippen LogP) is 2.78. The number of hydrogen-bond acceptors (Lipinski definition) is 3. The van der Waals surface area contributed by atoms with Crippen LogP contribution in [0.1, 0.15) is 37.7 Å². The molecule has 0 aromatic heterocycles. The smallest absolute Gasteiger partial charge is 0.127 e. The SMILES string of the molecule is OCC[C@@H]1CN(Cc2cc(F)ccc2F)CCN1C1CCCC1. The van der Waals surface area contributed by atoms with E-state index in [1.54, 1.807) is 0 Å². The number of benzene rings is 1. The summed E-state index contributed by atoms with van der Waals surface area (Å²) in [5.74, 6) is -0.735. The van der Waals surface area contributed by atoms with Crippen LogP contribution in [0, 0.1) is 11.6 Å². The Labute approximate surface area is 136 Å². The average Bonchev–Trinajstić information content (AvgIpc) is 3.06. The van der Waals surface area contributed by atoms with E-state index in [2.05, 4.69) is 9.80 Å². The zero-order valence-electron chi connectivity index (χ0n) is 13.6. The summed E-state index contributed by atoms with van der Waals surface area (Å²) in [7, 11) is 0. The van der Waals surface area contributed by atoms with Crippen LogP contribution in [0.15, 0.2) is 18.2 Å². The highest BCUT2D eigenvalue weighted by atomic mass is 19.1. The molecule has 1 saturated heterocycles. The summed E-state index contributed by atoms with van der Waals surface area (Å²) >= 11 is 0. The highest BCUT2D eigenvalue weighted by Gasteiger charge is 2.33. The van der Waals surface area contributed by atoms with E-state index in [-0.39, 0.29) is 12.4 Å². The quantitative estimate of drug-likeness (QED) is 0.902. The van der Waals surface area contributed by atoms with Crippen molar-refractivity contribution in [3.63, 3.8) is 0 Å². The summed E-state index contributed by atoms with van der Waals surface area (Å²) in [6.07, 6.45) is 5.84. The van der Waals surface area contributed by atoms with Gasteiger partial charge in [0.2, 0.25) is 0 Å². The molecule has 3 nitrogen and oxygen atoms in total. The molecule has 1 N–H and O–H groups in total. The Bertz CT molecular complexity index is 520. The van der Waals surface area contributed by atoms with Gasteiger partial charge in [-0.15, -0.1) is 0 Å². The Kier molecular flexibility index (Phi) is 5.62. The summed E-state index contributed by atoms with van der Waals surface area (Å²) in [6, 6.07) is 4.60. The normalized spacial score (nSPS) is 24.4. The van der Waals surface area contributed by atoms with Gasteiger partial charge >= 0.3 is 0 Å². The molecule has 1 saturated carbocycles. The van der Waals surface area contributed by atoms with Gasteiger partial charge in [0.1, 0.15) is 11.6 Å². The summed E-state index contributed by atoms with van der Waals surface area (Å²) in [6.45, 7) is 3.24. The van der Waals surface area contributed by atoms with Crippen molar-refractivity contribution in [2.45, 2.75) is 50.7 Å². The van der Waals surface area contributed by atoms with Gasteiger partial charge in [-0.2, -0.15) is 0 Å². The van der Waals surface area contributed by atoms with E-state index < -0.39 is 5.82 Å². The molecule has 0 amide bonds. The summed E-state index contributed by atoms with van der Waals surface area (Å²) < 4.78 is 27.2. The summed E-state index contributed by atoms with van der Waals surface area (Å²) in [5, 5.41) is 9.38. The third-order valence-electron chi connectivity index (χ3n) is 5.27. The van der Waals surface area contributed by atoms with Crippen molar-refractivity contribution >= 4 is 0 Å². The Morgan fingerprint density at radius 2 is 1.91 bits per heavy atom. The van der Waals surface area contributed by atoms with Crippen molar-refractivity contribution < 1.29 is 13.9 Å². The number of nitrogens with zero attached hydrogens (tertiary/aromatic N) is 2. The molecule has 1 heterocycles. The van der Waals surface area contributed by atoms with E-state index in [4.69, 9.17) is 0 Å². The van der Waals surface area contributed by atoms with E-state index in [1.807, 2.05) is 0 Å². The fourth-order valence-corrected chi connectivity index (χ4v) is 4.11. The lowest BCUT2D eigenvalue weighted by atomic mass is 10.0. The molecule has 1 aromatic carbocycles. The van der Waals surface area contributed by atoms with Crippen molar-refractivity contribution in [2.24, 2.45) is 0 Å². The van der Waals surface area contributed by atoms with Gasteiger partial charge in [-0.05, 0) is 37.5 Å². The molecule has 128 valence electrons. The van der Waals surface area contributed by atoms with Crippen LogP contribution in [0.4, 0.5) is 8.78 Å². The van der Waals surface area contributed by atoms with Gasteiger partial charge in [-0.1, -0.05) is 12.8 Å². The Morgan fingerprint density at radius 3 is 2.65 bits per heavy atom. The van der Waals surface area contributed by atoms with Crippen LogP contribution in [-0.2, 0) is 6.54 Å². The number of piperazine rings is 1. The highest BCUT2D eigenvalue weighted by molar-refractivity contribution is 5.18. The third kappa shape index (κ3) is 4.08. The van der Waals surface area contributed by atoms with Crippen molar-refractivity contribution in [2.75, 3.05) is 26.2 Å². The van der Waals surface area contributed by atoms with E-state index in [0.717, 1.165) is 32.1 Å². The zero-order chi connectivity index (χ0) is 16.2. The lowest BCUT2D eigenvalue weighted by molar-refractivity contribution is 0.0263. The first-order chi connectivity index (χ1) is 11.2. The number of hydrogen-bond donors (Lipinski definition) is 1. The lowest BCUT2D eigenvalue weighted by Crippen LogP contribution is -2.56. The van der Waals surface area contributed by atoms with E-state index in [0.29, 0.717) is 24.2 Å². The van der Waals surface area contributed by atoms with E-state index in [9.17, 15) is 13.9 Å². The van der Waals surface area contributed by atoms with Gasteiger partial charge in [-0.3, -0.25) is 9.80 Å². The maximum Gasteiger partial charge on any atom is 0.127 e. The van der Waals surface area contributed by atoms with Gasteiger partial charge in [-0.25, -0.2) is 8.78 Å². The fraction of sp³-hybridized carbons (Fsp3) is 0.667. The Morgan fingerprint density at radius 1 is 1.13 bits per heavy atom. The molecule has 0 bridgehead atoms. The van der Waals surface area contributed by atoms with Crippen LogP contribution in [-0.4, -0.2) is 53.2 Å². The molecule has 0 unspecified atom stereocenters. The topological polar surface area (TPSA) is 26.7 Å². The minimum Gasteiger partial charge on any atom is -0.396 e. The Hall–Kier alpha value is -1.04. The molecule has 0 radical (unpaired) electrons. The second-order valence-corrected chi connectivity index (χ2v) is 6.81. The predicted molar refractivity (Wildman–Crippen MR) is 86.1 cm³/mol. The van der Waals surface area contributed by atoms with E-state index in [1.165, 1.54) is 37.8 Å². The number of halogens is 2. The highest BCUT2D eigenvalue weighted by Crippen LogP contribution is 2.28. The van der Waals surface area contributed by atoms with E-state index >= 15 is 0 Å². The second-order valence-electron chi connectivity index (χ2n) is 6.81. The minimum absolute atomic E-state index is 0.177. The number of rotatable bonds is 5. The number of aliphatic hydroxyl groups is 1. The first kappa shape index (κ1) is 16.8. The largest absolute Gasteiger partial charge is 0.396 e. The first-order valence-electron chi connectivity index (χ1n) is 8.70. The zero-order valence-corrected chi connectivity index (χ0v) is 13.6. The molecule has 1 aliphatic carbocycles. The number of aliphatic hydroxyl groups excluding tert-OH is 1. The molecular weight excluding hydrogens is 298 g/mol. The van der Waals surface area contributed by atoms with Crippen molar-refractivity contribution in [1.29, 1.82) is 0 Å². The van der Waals surface area contributed by atoms with Gasteiger partial charge in [0.05, 0.1) is 0 Å². The van der Waals surface area contributed by atoms with Crippen molar-refractivity contribution in [3.8, 4) is 0 Å². The van der Waals surface area contributed by atoms with Gasteiger partial charge in [0.15, 0.2) is 0 Å². The van der Waals surface area contributed by atoms with Gasteiger partial charge < -0.3 is 5.11 Å². The molecule has 3 rings (SSSR count). The van der Waals surface area contributed by atoms with Gasteiger partial charge in [0, 0.05) is 50.4 Å². The fourth-order valence-electron chi connectivity index (χ4n) is 4.11.